The Morgan fingerprint density at radius 1 is 1.46 bits per heavy atom. The second kappa shape index (κ2) is 6.78. The number of nitriles is 1. The van der Waals surface area contributed by atoms with Crippen LogP contribution in [0.3, 0.4) is 0 Å². The summed E-state index contributed by atoms with van der Waals surface area (Å²) in [5, 5.41) is 20.7. The van der Waals surface area contributed by atoms with Crippen LogP contribution < -0.4 is 5.32 Å². The summed E-state index contributed by atoms with van der Waals surface area (Å²) in [6, 6.07) is 12.1. The predicted octanol–water partition coefficient (Wildman–Crippen LogP) is 3.74. The highest BCUT2D eigenvalue weighted by Gasteiger charge is 2.21. The highest BCUT2D eigenvalue weighted by Crippen LogP contribution is 2.26. The van der Waals surface area contributed by atoms with Gasteiger partial charge in [-0.2, -0.15) is 10.4 Å². The van der Waals surface area contributed by atoms with E-state index in [1.807, 2.05) is 23.6 Å². The van der Waals surface area contributed by atoms with Crippen LogP contribution in [0.5, 0.6) is 0 Å². The molecule has 24 heavy (non-hydrogen) atoms. The summed E-state index contributed by atoms with van der Waals surface area (Å²) in [6.45, 7) is 1.76. The van der Waals surface area contributed by atoms with Gasteiger partial charge < -0.3 is 5.32 Å². The van der Waals surface area contributed by atoms with Crippen molar-refractivity contribution in [2.75, 3.05) is 5.32 Å². The van der Waals surface area contributed by atoms with Gasteiger partial charge in [-0.1, -0.05) is 12.1 Å². The summed E-state index contributed by atoms with van der Waals surface area (Å²) in [5.74, 6) is 0.392. The molecule has 1 amide bonds. The number of anilines is 1. The fraction of sp³-hybridized carbons (Fsp3) is 0.125. The highest BCUT2D eigenvalue weighted by molar-refractivity contribution is 7.71. The number of thiophene rings is 1. The van der Waals surface area contributed by atoms with Gasteiger partial charge in [0.05, 0.1) is 16.5 Å². The Hall–Kier alpha value is -2.76. The molecule has 2 N–H and O–H groups in total. The van der Waals surface area contributed by atoms with Crippen LogP contribution in [-0.2, 0) is 4.79 Å². The van der Waals surface area contributed by atoms with Crippen LogP contribution >= 0.6 is 23.6 Å². The largest absolute Gasteiger partial charge is 0.324 e. The van der Waals surface area contributed by atoms with Crippen LogP contribution in [0.1, 0.15) is 18.5 Å². The minimum Gasteiger partial charge on any atom is -0.324 e. The number of benzene rings is 1. The first-order valence-electron chi connectivity index (χ1n) is 7.12. The van der Waals surface area contributed by atoms with Gasteiger partial charge >= 0.3 is 0 Å². The maximum atomic E-state index is 12.6. The average molecular weight is 355 g/mol. The van der Waals surface area contributed by atoms with Crippen molar-refractivity contribution in [3.05, 3.63) is 52.1 Å². The van der Waals surface area contributed by atoms with Crippen LogP contribution in [0.4, 0.5) is 5.69 Å². The van der Waals surface area contributed by atoms with E-state index in [0.717, 1.165) is 4.88 Å². The van der Waals surface area contributed by atoms with Crippen molar-refractivity contribution >= 4 is 35.1 Å². The lowest BCUT2D eigenvalue weighted by Crippen LogP contribution is -2.24. The van der Waals surface area contributed by atoms with E-state index in [1.54, 1.807) is 35.8 Å². The number of carbonyl (C=O) groups is 1. The third kappa shape index (κ3) is 3.13. The molecule has 1 unspecified atom stereocenters. The van der Waals surface area contributed by atoms with Gasteiger partial charge in [-0.15, -0.1) is 11.3 Å². The summed E-state index contributed by atoms with van der Waals surface area (Å²) >= 11 is 6.80. The van der Waals surface area contributed by atoms with E-state index in [4.69, 9.17) is 17.5 Å². The molecule has 3 rings (SSSR count). The van der Waals surface area contributed by atoms with Gasteiger partial charge in [0.2, 0.25) is 5.91 Å². The molecule has 3 aromatic rings. The zero-order valence-corrected chi connectivity index (χ0v) is 14.3. The quantitative estimate of drug-likeness (QED) is 0.698. The Kier molecular flexibility index (Phi) is 4.55. The summed E-state index contributed by atoms with van der Waals surface area (Å²) in [4.78, 5) is 13.5. The molecule has 0 bridgehead atoms. The fourth-order valence-electron chi connectivity index (χ4n) is 2.27. The van der Waals surface area contributed by atoms with Gasteiger partial charge in [0.15, 0.2) is 10.6 Å². The number of amides is 1. The number of nitrogens with zero attached hydrogens (tertiary/aromatic N) is 3. The molecule has 0 aliphatic rings. The molecular weight excluding hydrogens is 342 g/mol. The van der Waals surface area contributed by atoms with Gasteiger partial charge in [-0.25, -0.2) is 0 Å². The molecule has 120 valence electrons. The van der Waals surface area contributed by atoms with Gasteiger partial charge in [0.1, 0.15) is 6.04 Å². The second-order valence-electron chi connectivity index (χ2n) is 5.06. The summed E-state index contributed by atoms with van der Waals surface area (Å²) < 4.78 is 2.07. The first-order valence-corrected chi connectivity index (χ1v) is 8.40. The Morgan fingerprint density at radius 3 is 3.00 bits per heavy atom. The van der Waals surface area contributed by atoms with Gasteiger partial charge in [-0.05, 0) is 48.8 Å². The van der Waals surface area contributed by atoms with E-state index in [1.165, 1.54) is 11.3 Å². The minimum atomic E-state index is -0.556. The molecule has 2 heterocycles. The van der Waals surface area contributed by atoms with E-state index in [2.05, 4.69) is 15.5 Å². The predicted molar refractivity (Wildman–Crippen MR) is 95.2 cm³/mol. The van der Waals surface area contributed by atoms with Crippen molar-refractivity contribution in [2.45, 2.75) is 13.0 Å². The molecule has 0 aliphatic carbocycles. The SMILES string of the molecule is CC(C(=O)Nc1cccc(C#N)c1)n1c(-c2cccs2)n[nH]c1=S. The fourth-order valence-corrected chi connectivity index (χ4v) is 3.27. The van der Waals surface area contributed by atoms with Gasteiger partial charge in [0, 0.05) is 5.69 Å². The Bertz CT molecular complexity index is 965. The number of rotatable bonds is 4. The summed E-state index contributed by atoms with van der Waals surface area (Å²) in [5.41, 5.74) is 1.05. The molecule has 0 saturated carbocycles. The van der Waals surface area contributed by atoms with Crippen molar-refractivity contribution in [1.29, 1.82) is 5.26 Å². The summed E-state index contributed by atoms with van der Waals surface area (Å²) in [7, 11) is 0. The zero-order valence-electron chi connectivity index (χ0n) is 12.7. The molecule has 0 spiro atoms. The number of hydrogen-bond acceptors (Lipinski definition) is 5. The van der Waals surface area contributed by atoms with E-state index in [9.17, 15) is 4.79 Å². The maximum Gasteiger partial charge on any atom is 0.247 e. The standard InChI is InChI=1S/C16H13N5OS2/c1-10(15(22)18-12-5-2-4-11(8-12)9-17)21-14(19-20-16(21)23)13-6-3-7-24-13/h2-8,10H,1H3,(H,18,22)(H,20,23). The molecule has 6 nitrogen and oxygen atoms in total. The van der Waals surface area contributed by atoms with Crippen LogP contribution in [0.2, 0.25) is 0 Å². The Balaban J connectivity index is 1.88. The first-order chi connectivity index (χ1) is 11.6. The molecular formula is C16H13N5OS2. The van der Waals surface area contributed by atoms with Gasteiger partial charge in [-0.3, -0.25) is 14.5 Å². The third-order valence-electron chi connectivity index (χ3n) is 3.47. The number of hydrogen-bond donors (Lipinski definition) is 2. The van der Waals surface area contributed by atoms with Crippen LogP contribution in [-0.4, -0.2) is 20.7 Å². The highest BCUT2D eigenvalue weighted by atomic mass is 32.1. The van der Waals surface area contributed by atoms with Crippen molar-refractivity contribution < 1.29 is 4.79 Å². The summed E-state index contributed by atoms with van der Waals surface area (Å²) in [6.07, 6.45) is 0. The normalized spacial score (nSPS) is 11.7. The number of aromatic amines is 1. The molecule has 8 heteroatoms. The van der Waals surface area contributed by atoms with Crippen LogP contribution in [0.25, 0.3) is 10.7 Å². The maximum absolute atomic E-state index is 12.6. The Morgan fingerprint density at radius 2 is 2.29 bits per heavy atom. The first kappa shape index (κ1) is 16.1. The molecule has 1 atom stereocenters. The van der Waals surface area contributed by atoms with Crippen molar-refractivity contribution in [1.82, 2.24) is 14.8 Å². The molecule has 0 aliphatic heterocycles. The van der Waals surface area contributed by atoms with Crippen molar-refractivity contribution in [3.63, 3.8) is 0 Å². The smallest absolute Gasteiger partial charge is 0.247 e. The van der Waals surface area contributed by atoms with E-state index < -0.39 is 6.04 Å². The van der Waals surface area contributed by atoms with Crippen LogP contribution in [0, 0.1) is 16.1 Å². The molecule has 2 aromatic heterocycles. The molecule has 0 radical (unpaired) electrons. The lowest BCUT2D eigenvalue weighted by Gasteiger charge is -2.15. The lowest BCUT2D eigenvalue weighted by atomic mass is 10.2. The number of nitrogens with one attached hydrogen (secondary N) is 2. The number of carbonyl (C=O) groups excluding carboxylic acids is 1. The van der Waals surface area contributed by atoms with E-state index >= 15 is 0 Å². The Labute approximate surface area is 147 Å². The van der Waals surface area contributed by atoms with Crippen LogP contribution in [0.15, 0.2) is 41.8 Å². The zero-order chi connectivity index (χ0) is 17.1. The third-order valence-corrected chi connectivity index (χ3v) is 4.63. The number of H-pyrrole nitrogens is 1. The van der Waals surface area contributed by atoms with E-state index in [0.29, 0.717) is 21.8 Å². The van der Waals surface area contributed by atoms with Gasteiger partial charge in [0.25, 0.3) is 0 Å². The minimum absolute atomic E-state index is 0.236. The van der Waals surface area contributed by atoms with Crippen molar-refractivity contribution in [3.8, 4) is 16.8 Å². The number of aromatic nitrogens is 3. The molecule has 1 aromatic carbocycles. The van der Waals surface area contributed by atoms with E-state index in [-0.39, 0.29) is 5.91 Å². The average Bonchev–Trinajstić information content (AvgIpc) is 3.23. The van der Waals surface area contributed by atoms with Crippen molar-refractivity contribution in [2.24, 2.45) is 0 Å². The lowest BCUT2D eigenvalue weighted by molar-refractivity contribution is -0.118. The molecule has 0 saturated heterocycles. The topological polar surface area (TPSA) is 86.5 Å². The molecule has 0 fully saturated rings. The monoisotopic (exact) mass is 355 g/mol. The second-order valence-corrected chi connectivity index (χ2v) is 6.39.